The first-order valence-electron chi connectivity index (χ1n) is 8.48. The minimum atomic E-state index is -2.42. The van der Waals surface area contributed by atoms with Gasteiger partial charge >= 0.3 is 0 Å². The van der Waals surface area contributed by atoms with Crippen LogP contribution in [0.4, 0.5) is 4.39 Å². The van der Waals surface area contributed by atoms with E-state index in [1.165, 1.54) is 19.1 Å². The zero-order valence-corrected chi connectivity index (χ0v) is 15.9. The predicted octanol–water partition coefficient (Wildman–Crippen LogP) is 4.28. The Morgan fingerprint density at radius 2 is 1.22 bits per heavy atom. The summed E-state index contributed by atoms with van der Waals surface area (Å²) in [5.74, 6) is -2.28. The van der Waals surface area contributed by atoms with Crippen LogP contribution in [-0.4, -0.2) is 28.8 Å². The van der Waals surface area contributed by atoms with E-state index in [9.17, 15) is 23.6 Å². The van der Waals surface area contributed by atoms with Gasteiger partial charge in [0, 0.05) is 11.1 Å². The molecule has 5 heteroatoms. The fourth-order valence-electron chi connectivity index (χ4n) is 2.06. The molecule has 0 saturated carbocycles. The highest BCUT2D eigenvalue weighted by atomic mass is 19.1. The lowest BCUT2D eigenvalue weighted by Gasteiger charge is -2.14. The van der Waals surface area contributed by atoms with E-state index >= 15 is 0 Å². The third kappa shape index (κ3) is 6.06. The number of alkyl halides is 1. The Balaban J connectivity index is 0.000000271. The van der Waals surface area contributed by atoms with E-state index in [4.69, 9.17) is 0 Å². The summed E-state index contributed by atoms with van der Waals surface area (Å²) in [4.78, 5) is 44.9. The van der Waals surface area contributed by atoms with Gasteiger partial charge in [-0.05, 0) is 27.7 Å². The Morgan fingerprint density at radius 3 is 1.59 bits per heavy atom. The molecule has 0 aliphatic heterocycles. The van der Waals surface area contributed by atoms with Crippen molar-refractivity contribution in [3.63, 3.8) is 0 Å². The van der Waals surface area contributed by atoms with Gasteiger partial charge in [0.25, 0.3) is 0 Å². The number of rotatable bonds is 6. The molecule has 0 aliphatic carbocycles. The molecule has 2 rings (SSSR count). The van der Waals surface area contributed by atoms with Gasteiger partial charge in [0.1, 0.15) is 5.78 Å². The molecule has 0 heterocycles. The van der Waals surface area contributed by atoms with E-state index in [2.05, 4.69) is 0 Å². The number of halogens is 1. The van der Waals surface area contributed by atoms with Crippen molar-refractivity contribution in [2.24, 2.45) is 5.92 Å². The van der Waals surface area contributed by atoms with Crippen molar-refractivity contribution in [1.82, 2.24) is 0 Å². The van der Waals surface area contributed by atoms with Gasteiger partial charge in [0.15, 0.2) is 11.6 Å². The third-order valence-corrected chi connectivity index (χ3v) is 4.18. The van der Waals surface area contributed by atoms with Crippen LogP contribution in [0, 0.1) is 5.92 Å². The van der Waals surface area contributed by atoms with Crippen molar-refractivity contribution in [1.29, 1.82) is 0 Å². The van der Waals surface area contributed by atoms with Crippen molar-refractivity contribution >= 4 is 23.1 Å². The molecule has 0 aliphatic rings. The van der Waals surface area contributed by atoms with Crippen molar-refractivity contribution in [2.45, 2.75) is 33.4 Å². The Bertz CT molecular complexity index is 811. The number of ketones is 4. The second kappa shape index (κ2) is 9.67. The highest BCUT2D eigenvalue weighted by Gasteiger charge is 2.38. The molecule has 0 amide bonds. The Kier molecular flexibility index (Phi) is 7.91. The average Bonchev–Trinajstić information content (AvgIpc) is 2.67. The SMILES string of the molecule is CC(=O)C(C)C(=O)c1ccccc1.CC(=O)[C@@](C)(F)C(=O)c1ccccc1. The molecule has 1 unspecified atom stereocenters. The molecular formula is C22H23FO4. The number of carbonyl (C=O) groups excluding carboxylic acids is 4. The van der Waals surface area contributed by atoms with E-state index in [1.807, 2.05) is 6.07 Å². The van der Waals surface area contributed by atoms with Crippen LogP contribution in [0.3, 0.4) is 0 Å². The van der Waals surface area contributed by atoms with Crippen molar-refractivity contribution in [2.75, 3.05) is 0 Å². The molecule has 0 bridgehead atoms. The molecule has 0 N–H and O–H groups in total. The van der Waals surface area contributed by atoms with Gasteiger partial charge < -0.3 is 0 Å². The Morgan fingerprint density at radius 1 is 0.815 bits per heavy atom. The van der Waals surface area contributed by atoms with Crippen molar-refractivity contribution < 1.29 is 23.6 Å². The minimum Gasteiger partial charge on any atom is -0.299 e. The zero-order chi connectivity index (χ0) is 20.6. The Hall–Kier alpha value is -2.95. The number of carbonyl (C=O) groups is 4. The molecule has 4 nitrogen and oxygen atoms in total. The van der Waals surface area contributed by atoms with Crippen LogP contribution in [0.25, 0.3) is 0 Å². The van der Waals surface area contributed by atoms with E-state index < -0.39 is 23.2 Å². The number of hydrogen-bond donors (Lipinski definition) is 0. The summed E-state index contributed by atoms with van der Waals surface area (Å²) in [5.41, 5.74) is -1.60. The van der Waals surface area contributed by atoms with Crippen LogP contribution in [0.5, 0.6) is 0 Å². The van der Waals surface area contributed by atoms with Crippen molar-refractivity contribution in [3.8, 4) is 0 Å². The predicted molar refractivity (Wildman–Crippen MR) is 102 cm³/mol. The van der Waals surface area contributed by atoms with E-state index in [1.54, 1.807) is 49.4 Å². The summed E-state index contributed by atoms with van der Waals surface area (Å²) in [7, 11) is 0. The molecule has 2 aromatic carbocycles. The summed E-state index contributed by atoms with van der Waals surface area (Å²) in [6.45, 7) is 5.13. The molecule has 0 fully saturated rings. The molecule has 142 valence electrons. The summed E-state index contributed by atoms with van der Waals surface area (Å²) >= 11 is 0. The van der Waals surface area contributed by atoms with Crippen LogP contribution >= 0.6 is 0 Å². The number of Topliss-reactive ketones (excluding diaryl/α,β-unsaturated/α-hetero) is 4. The third-order valence-electron chi connectivity index (χ3n) is 4.18. The maximum Gasteiger partial charge on any atom is 0.227 e. The van der Waals surface area contributed by atoms with Crippen LogP contribution < -0.4 is 0 Å². The molecule has 0 radical (unpaired) electrons. The van der Waals surface area contributed by atoms with Crippen LogP contribution in [0.15, 0.2) is 60.7 Å². The lowest BCUT2D eigenvalue weighted by molar-refractivity contribution is -0.124. The highest BCUT2D eigenvalue weighted by Crippen LogP contribution is 2.18. The lowest BCUT2D eigenvalue weighted by Crippen LogP contribution is -2.37. The van der Waals surface area contributed by atoms with Gasteiger partial charge in [0.2, 0.25) is 11.5 Å². The quantitative estimate of drug-likeness (QED) is 0.562. The van der Waals surface area contributed by atoms with E-state index in [0.717, 1.165) is 13.8 Å². The van der Waals surface area contributed by atoms with Crippen LogP contribution in [0.1, 0.15) is 48.4 Å². The second-order valence-corrected chi connectivity index (χ2v) is 6.32. The molecule has 0 spiro atoms. The topological polar surface area (TPSA) is 68.3 Å². The molecule has 2 aromatic rings. The summed E-state index contributed by atoms with van der Waals surface area (Å²) in [5, 5.41) is 0. The van der Waals surface area contributed by atoms with Crippen LogP contribution in [-0.2, 0) is 9.59 Å². The first-order valence-corrected chi connectivity index (χ1v) is 8.48. The van der Waals surface area contributed by atoms with Crippen LogP contribution in [0.2, 0.25) is 0 Å². The van der Waals surface area contributed by atoms with Crippen molar-refractivity contribution in [3.05, 3.63) is 71.8 Å². The molecule has 27 heavy (non-hydrogen) atoms. The van der Waals surface area contributed by atoms with E-state index in [-0.39, 0.29) is 17.1 Å². The first kappa shape index (κ1) is 22.1. The molecular weight excluding hydrogens is 347 g/mol. The largest absolute Gasteiger partial charge is 0.299 e. The van der Waals surface area contributed by atoms with Gasteiger partial charge in [-0.15, -0.1) is 0 Å². The number of benzene rings is 2. The van der Waals surface area contributed by atoms with Gasteiger partial charge in [-0.2, -0.15) is 0 Å². The lowest BCUT2D eigenvalue weighted by atomic mass is 9.93. The smallest absolute Gasteiger partial charge is 0.227 e. The second-order valence-electron chi connectivity index (χ2n) is 6.32. The maximum absolute atomic E-state index is 13.6. The summed E-state index contributed by atoms with van der Waals surface area (Å²) < 4.78 is 13.6. The summed E-state index contributed by atoms with van der Waals surface area (Å²) in [6.07, 6.45) is 0. The summed E-state index contributed by atoms with van der Waals surface area (Å²) in [6, 6.07) is 16.8. The fraction of sp³-hybridized carbons (Fsp3) is 0.273. The average molecular weight is 370 g/mol. The highest BCUT2D eigenvalue weighted by molar-refractivity contribution is 6.16. The van der Waals surface area contributed by atoms with Gasteiger partial charge in [-0.25, -0.2) is 4.39 Å². The maximum atomic E-state index is 13.6. The zero-order valence-electron chi connectivity index (χ0n) is 15.9. The first-order chi connectivity index (χ1) is 12.6. The molecule has 2 atom stereocenters. The van der Waals surface area contributed by atoms with Gasteiger partial charge in [0.05, 0.1) is 5.92 Å². The molecule has 0 aromatic heterocycles. The Labute approximate surface area is 158 Å². The standard InChI is InChI=1S/C11H11FO2.C11H12O2/c1-8(13)11(2,12)10(14)9-6-4-3-5-7-9;1-8(9(2)12)11(13)10-6-4-3-5-7-10/h3-7H,1-2H3;3-8H,1-2H3/t11-;/m1./s1. The van der Waals surface area contributed by atoms with E-state index in [0.29, 0.717) is 5.56 Å². The number of hydrogen-bond acceptors (Lipinski definition) is 4. The van der Waals surface area contributed by atoms with Gasteiger partial charge in [-0.1, -0.05) is 60.7 Å². The monoisotopic (exact) mass is 370 g/mol. The molecule has 0 saturated heterocycles. The minimum absolute atomic E-state index is 0.0890. The fourth-order valence-corrected chi connectivity index (χ4v) is 2.06. The normalized spacial score (nSPS) is 13.4. The van der Waals surface area contributed by atoms with Gasteiger partial charge in [-0.3, -0.25) is 19.2 Å².